The molecule has 1 aliphatic rings. The highest BCUT2D eigenvalue weighted by atomic mass is 35.5. The predicted octanol–water partition coefficient (Wildman–Crippen LogP) is 1.68. The lowest BCUT2D eigenvalue weighted by Crippen LogP contribution is -2.48. The van der Waals surface area contributed by atoms with Crippen molar-refractivity contribution in [3.05, 3.63) is 35.9 Å². The van der Waals surface area contributed by atoms with Gasteiger partial charge in [-0.2, -0.15) is 0 Å². The van der Waals surface area contributed by atoms with Gasteiger partial charge in [0.15, 0.2) is 0 Å². The molecular formula is C16H25ClN2O3. The fourth-order valence-electron chi connectivity index (χ4n) is 2.21. The summed E-state index contributed by atoms with van der Waals surface area (Å²) in [6.45, 7) is 5.27. The van der Waals surface area contributed by atoms with Crippen molar-refractivity contribution in [2.45, 2.75) is 25.6 Å². The first-order chi connectivity index (χ1) is 10.3. The van der Waals surface area contributed by atoms with Crippen molar-refractivity contribution in [1.29, 1.82) is 0 Å². The van der Waals surface area contributed by atoms with Crippen molar-refractivity contribution in [2.24, 2.45) is 0 Å². The summed E-state index contributed by atoms with van der Waals surface area (Å²) in [5.74, 6) is -0.0432. The molecule has 0 spiro atoms. The molecule has 2 rings (SSSR count). The van der Waals surface area contributed by atoms with Crippen LogP contribution in [0.15, 0.2) is 30.3 Å². The fraction of sp³-hybridized carbons (Fsp3) is 0.562. The molecule has 1 amide bonds. The van der Waals surface area contributed by atoms with E-state index in [0.29, 0.717) is 26.3 Å². The minimum absolute atomic E-state index is 0. The highest BCUT2D eigenvalue weighted by Crippen LogP contribution is 2.15. The normalized spacial score (nSPS) is 19.0. The maximum atomic E-state index is 11.8. The third kappa shape index (κ3) is 6.32. The van der Waals surface area contributed by atoms with Crippen LogP contribution in [0.4, 0.5) is 0 Å². The Labute approximate surface area is 138 Å². The summed E-state index contributed by atoms with van der Waals surface area (Å²) in [4.78, 5) is 11.8. The van der Waals surface area contributed by atoms with Gasteiger partial charge < -0.3 is 20.1 Å². The number of hydrogen-bond donors (Lipinski definition) is 2. The van der Waals surface area contributed by atoms with Crippen LogP contribution in [0.1, 0.15) is 25.0 Å². The first-order valence-electron chi connectivity index (χ1n) is 7.54. The van der Waals surface area contributed by atoms with E-state index in [0.717, 1.165) is 13.0 Å². The molecule has 0 bridgehead atoms. The van der Waals surface area contributed by atoms with Gasteiger partial charge in [0.05, 0.1) is 12.7 Å². The minimum atomic E-state index is -0.358. The standard InChI is InChI=1S/C16H24N2O3.ClH/c1-13(14-6-3-2-4-7-14)20-10-5-8-18-16(19)15-12-17-9-11-21-15;/h2-4,6-7,13,15,17H,5,8-12H2,1H3,(H,18,19);1H. The Morgan fingerprint density at radius 2 is 2.23 bits per heavy atom. The summed E-state index contributed by atoms with van der Waals surface area (Å²) in [6.07, 6.45) is 0.513. The van der Waals surface area contributed by atoms with Crippen molar-refractivity contribution in [2.75, 3.05) is 32.8 Å². The molecule has 6 heteroatoms. The number of halogens is 1. The zero-order chi connectivity index (χ0) is 14.9. The molecule has 5 nitrogen and oxygen atoms in total. The van der Waals surface area contributed by atoms with E-state index in [1.807, 2.05) is 25.1 Å². The van der Waals surface area contributed by atoms with Gasteiger partial charge in [-0.25, -0.2) is 0 Å². The molecule has 1 aromatic rings. The Morgan fingerprint density at radius 1 is 1.45 bits per heavy atom. The maximum Gasteiger partial charge on any atom is 0.250 e. The molecule has 1 heterocycles. The molecule has 1 fully saturated rings. The molecule has 0 aromatic heterocycles. The van der Waals surface area contributed by atoms with E-state index in [1.54, 1.807) is 0 Å². The molecule has 1 saturated heterocycles. The molecule has 2 atom stereocenters. The Bertz CT molecular complexity index is 425. The number of hydrogen-bond acceptors (Lipinski definition) is 4. The zero-order valence-corrected chi connectivity index (χ0v) is 13.7. The van der Waals surface area contributed by atoms with E-state index in [9.17, 15) is 4.79 Å². The smallest absolute Gasteiger partial charge is 0.250 e. The Kier molecular flexibility index (Phi) is 9.08. The lowest BCUT2D eigenvalue weighted by atomic mass is 10.1. The van der Waals surface area contributed by atoms with Gasteiger partial charge in [-0.1, -0.05) is 30.3 Å². The third-order valence-electron chi connectivity index (χ3n) is 3.48. The average molecular weight is 329 g/mol. The van der Waals surface area contributed by atoms with Gasteiger partial charge in [0.1, 0.15) is 6.10 Å². The molecule has 2 N–H and O–H groups in total. The van der Waals surface area contributed by atoms with E-state index in [2.05, 4.69) is 22.8 Å². The lowest BCUT2D eigenvalue weighted by Gasteiger charge is -2.22. The van der Waals surface area contributed by atoms with Crippen LogP contribution in [0.2, 0.25) is 0 Å². The Balaban J connectivity index is 0.00000242. The van der Waals surface area contributed by atoms with E-state index in [1.165, 1.54) is 5.56 Å². The van der Waals surface area contributed by atoms with Crippen LogP contribution in [-0.2, 0) is 14.3 Å². The number of benzene rings is 1. The molecule has 0 radical (unpaired) electrons. The Hall–Kier alpha value is -1.14. The zero-order valence-electron chi connectivity index (χ0n) is 12.9. The van der Waals surface area contributed by atoms with Gasteiger partial charge in [0.2, 0.25) is 5.91 Å². The maximum absolute atomic E-state index is 11.8. The number of morpholine rings is 1. The van der Waals surface area contributed by atoms with Crippen LogP contribution >= 0.6 is 12.4 Å². The van der Waals surface area contributed by atoms with Crippen LogP contribution in [0, 0.1) is 0 Å². The number of rotatable bonds is 7. The van der Waals surface area contributed by atoms with Gasteiger partial charge >= 0.3 is 0 Å². The SMILES string of the molecule is CC(OCCCNC(=O)C1CNCCO1)c1ccccc1.Cl. The highest BCUT2D eigenvalue weighted by molar-refractivity contribution is 5.85. The van der Waals surface area contributed by atoms with Crippen molar-refractivity contribution < 1.29 is 14.3 Å². The largest absolute Gasteiger partial charge is 0.374 e. The second kappa shape index (κ2) is 10.6. The summed E-state index contributed by atoms with van der Waals surface area (Å²) in [5.41, 5.74) is 1.17. The molecule has 0 aliphatic carbocycles. The van der Waals surface area contributed by atoms with Gasteiger partial charge in [0, 0.05) is 26.2 Å². The topological polar surface area (TPSA) is 59.6 Å². The molecule has 2 unspecified atom stereocenters. The second-order valence-corrected chi connectivity index (χ2v) is 5.13. The van der Waals surface area contributed by atoms with Gasteiger partial charge in [-0.05, 0) is 18.9 Å². The van der Waals surface area contributed by atoms with Crippen LogP contribution in [-0.4, -0.2) is 44.9 Å². The third-order valence-corrected chi connectivity index (χ3v) is 3.48. The summed E-state index contributed by atoms with van der Waals surface area (Å²) in [7, 11) is 0. The molecule has 1 aliphatic heterocycles. The molecule has 0 saturated carbocycles. The summed E-state index contributed by atoms with van der Waals surface area (Å²) in [5, 5.41) is 6.02. The molecule has 22 heavy (non-hydrogen) atoms. The molecule has 1 aromatic carbocycles. The minimum Gasteiger partial charge on any atom is -0.374 e. The van der Waals surface area contributed by atoms with Gasteiger partial charge in [-0.15, -0.1) is 12.4 Å². The van der Waals surface area contributed by atoms with E-state index < -0.39 is 0 Å². The monoisotopic (exact) mass is 328 g/mol. The van der Waals surface area contributed by atoms with Crippen molar-refractivity contribution in [1.82, 2.24) is 10.6 Å². The molecule has 124 valence electrons. The van der Waals surface area contributed by atoms with Crippen LogP contribution in [0.25, 0.3) is 0 Å². The summed E-state index contributed by atoms with van der Waals surface area (Å²) in [6, 6.07) is 10.1. The fourth-order valence-corrected chi connectivity index (χ4v) is 2.21. The number of ether oxygens (including phenoxy) is 2. The summed E-state index contributed by atoms with van der Waals surface area (Å²) < 4.78 is 11.1. The Morgan fingerprint density at radius 3 is 2.91 bits per heavy atom. The predicted molar refractivity (Wildman–Crippen MR) is 88.3 cm³/mol. The quantitative estimate of drug-likeness (QED) is 0.748. The number of amides is 1. The average Bonchev–Trinajstić information content (AvgIpc) is 2.55. The van der Waals surface area contributed by atoms with E-state index >= 15 is 0 Å². The second-order valence-electron chi connectivity index (χ2n) is 5.13. The van der Waals surface area contributed by atoms with Crippen molar-refractivity contribution in [3.8, 4) is 0 Å². The lowest BCUT2D eigenvalue weighted by molar-refractivity contribution is -0.134. The number of nitrogens with one attached hydrogen (secondary N) is 2. The summed E-state index contributed by atoms with van der Waals surface area (Å²) >= 11 is 0. The van der Waals surface area contributed by atoms with Gasteiger partial charge in [0.25, 0.3) is 0 Å². The number of carbonyl (C=O) groups excluding carboxylic acids is 1. The van der Waals surface area contributed by atoms with Gasteiger partial charge in [-0.3, -0.25) is 4.79 Å². The van der Waals surface area contributed by atoms with Crippen molar-refractivity contribution >= 4 is 18.3 Å². The van der Waals surface area contributed by atoms with Crippen LogP contribution in [0.5, 0.6) is 0 Å². The number of carbonyl (C=O) groups is 1. The van der Waals surface area contributed by atoms with Crippen LogP contribution in [0.3, 0.4) is 0 Å². The highest BCUT2D eigenvalue weighted by Gasteiger charge is 2.20. The first kappa shape index (κ1) is 18.9. The van der Waals surface area contributed by atoms with Crippen LogP contribution < -0.4 is 10.6 Å². The van der Waals surface area contributed by atoms with Crippen molar-refractivity contribution in [3.63, 3.8) is 0 Å². The molecular weight excluding hydrogens is 304 g/mol. The first-order valence-corrected chi connectivity index (χ1v) is 7.54. The van der Waals surface area contributed by atoms with E-state index in [-0.39, 0.29) is 30.5 Å². The van der Waals surface area contributed by atoms with E-state index in [4.69, 9.17) is 9.47 Å².